The van der Waals surface area contributed by atoms with Gasteiger partial charge in [0.05, 0.1) is 0 Å². The average Bonchev–Trinajstić information content (AvgIpc) is 2.29. The van der Waals surface area contributed by atoms with Crippen LogP contribution in [0.25, 0.3) is 5.70 Å². The van der Waals surface area contributed by atoms with Gasteiger partial charge in [-0.25, -0.2) is 0 Å². The van der Waals surface area contributed by atoms with Gasteiger partial charge in [0.25, 0.3) is 0 Å². The third-order valence-electron chi connectivity index (χ3n) is 2.77. The van der Waals surface area contributed by atoms with Crippen LogP contribution in [-0.4, -0.2) is 0 Å². The van der Waals surface area contributed by atoms with Crippen molar-refractivity contribution >= 4 is 5.70 Å². The van der Waals surface area contributed by atoms with Gasteiger partial charge in [0.1, 0.15) is 0 Å². The molecule has 0 radical (unpaired) electrons. The SMILES string of the molecule is CC1=C(N)c2ccccc2CCC1. The minimum absolute atomic E-state index is 0.994. The van der Waals surface area contributed by atoms with E-state index < -0.39 is 0 Å². The van der Waals surface area contributed by atoms with Gasteiger partial charge in [0, 0.05) is 11.3 Å². The lowest BCUT2D eigenvalue weighted by molar-refractivity contribution is 0.823. The second-order valence-electron chi connectivity index (χ2n) is 3.70. The normalized spacial score (nSPS) is 16.7. The molecule has 0 unspecified atom stereocenters. The van der Waals surface area contributed by atoms with Crippen molar-refractivity contribution < 1.29 is 0 Å². The van der Waals surface area contributed by atoms with E-state index in [0.29, 0.717) is 0 Å². The van der Waals surface area contributed by atoms with Crippen LogP contribution in [0.15, 0.2) is 29.8 Å². The Kier molecular flexibility index (Phi) is 2.09. The number of nitrogens with two attached hydrogens (primary N) is 1. The molecule has 0 saturated heterocycles. The summed E-state index contributed by atoms with van der Waals surface area (Å²) in [6, 6.07) is 8.46. The summed E-state index contributed by atoms with van der Waals surface area (Å²) in [6.07, 6.45) is 3.53. The molecule has 1 aromatic carbocycles. The summed E-state index contributed by atoms with van der Waals surface area (Å²) in [5.74, 6) is 0. The molecule has 0 saturated carbocycles. The predicted octanol–water partition coefficient (Wildman–Crippen LogP) is 2.71. The van der Waals surface area contributed by atoms with Crippen molar-refractivity contribution in [2.24, 2.45) is 5.73 Å². The first-order valence-electron chi connectivity index (χ1n) is 4.82. The Hall–Kier alpha value is -1.24. The van der Waals surface area contributed by atoms with E-state index in [1.165, 1.54) is 23.1 Å². The molecular weight excluding hydrogens is 158 g/mol. The minimum Gasteiger partial charge on any atom is -0.398 e. The first kappa shape index (κ1) is 8.36. The third kappa shape index (κ3) is 1.46. The number of rotatable bonds is 0. The smallest absolute Gasteiger partial charge is 0.0379 e. The number of fused-ring (bicyclic) bond motifs is 1. The molecule has 0 amide bonds. The summed E-state index contributed by atoms with van der Waals surface area (Å²) in [6.45, 7) is 2.14. The molecule has 13 heavy (non-hydrogen) atoms. The van der Waals surface area contributed by atoms with Crippen molar-refractivity contribution in [2.75, 3.05) is 0 Å². The Morgan fingerprint density at radius 1 is 1.15 bits per heavy atom. The van der Waals surface area contributed by atoms with Crippen LogP contribution in [0.3, 0.4) is 0 Å². The summed E-state index contributed by atoms with van der Waals surface area (Å²) in [5.41, 5.74) is 11.0. The molecule has 0 aromatic heterocycles. The number of aryl methyl sites for hydroxylation is 1. The van der Waals surface area contributed by atoms with Gasteiger partial charge >= 0.3 is 0 Å². The van der Waals surface area contributed by atoms with E-state index in [1.54, 1.807) is 0 Å². The zero-order chi connectivity index (χ0) is 9.26. The molecule has 1 heteroatoms. The van der Waals surface area contributed by atoms with E-state index in [0.717, 1.165) is 18.5 Å². The number of hydrogen-bond acceptors (Lipinski definition) is 1. The van der Waals surface area contributed by atoms with E-state index in [4.69, 9.17) is 5.73 Å². The fourth-order valence-electron chi connectivity index (χ4n) is 1.91. The molecule has 1 nitrogen and oxygen atoms in total. The molecule has 68 valence electrons. The molecule has 1 aliphatic carbocycles. The third-order valence-corrected chi connectivity index (χ3v) is 2.77. The second-order valence-corrected chi connectivity index (χ2v) is 3.70. The summed E-state index contributed by atoms with van der Waals surface area (Å²) in [7, 11) is 0. The van der Waals surface area contributed by atoms with E-state index in [9.17, 15) is 0 Å². The molecule has 1 aliphatic rings. The Morgan fingerprint density at radius 3 is 2.77 bits per heavy atom. The van der Waals surface area contributed by atoms with Crippen LogP contribution in [0, 0.1) is 0 Å². The molecule has 1 aromatic rings. The summed E-state index contributed by atoms with van der Waals surface area (Å²) >= 11 is 0. The fraction of sp³-hybridized carbons (Fsp3) is 0.333. The van der Waals surface area contributed by atoms with E-state index in [2.05, 4.69) is 31.2 Å². The quantitative estimate of drug-likeness (QED) is 0.641. The number of allylic oxidation sites excluding steroid dienone is 1. The van der Waals surface area contributed by atoms with Gasteiger partial charge in [-0.1, -0.05) is 24.3 Å². The van der Waals surface area contributed by atoms with Crippen LogP contribution in [0.1, 0.15) is 30.9 Å². The topological polar surface area (TPSA) is 26.0 Å². The van der Waals surface area contributed by atoms with Crippen molar-refractivity contribution in [1.29, 1.82) is 0 Å². The maximum atomic E-state index is 6.07. The maximum Gasteiger partial charge on any atom is 0.0379 e. The Labute approximate surface area is 79.3 Å². The molecule has 0 heterocycles. The number of hydrogen-bond donors (Lipinski definition) is 1. The minimum atomic E-state index is 0.994. The first-order valence-corrected chi connectivity index (χ1v) is 4.82. The highest BCUT2D eigenvalue weighted by molar-refractivity contribution is 5.68. The average molecular weight is 173 g/mol. The highest BCUT2D eigenvalue weighted by Gasteiger charge is 2.10. The Balaban J connectivity index is 2.56. The van der Waals surface area contributed by atoms with Crippen molar-refractivity contribution in [3.63, 3.8) is 0 Å². The van der Waals surface area contributed by atoms with Gasteiger partial charge < -0.3 is 5.73 Å². The molecule has 0 bridgehead atoms. The molecule has 2 rings (SSSR count). The number of benzene rings is 1. The van der Waals surface area contributed by atoms with Crippen molar-refractivity contribution in [3.05, 3.63) is 41.0 Å². The van der Waals surface area contributed by atoms with E-state index in [-0.39, 0.29) is 0 Å². The van der Waals surface area contributed by atoms with Crippen LogP contribution in [-0.2, 0) is 6.42 Å². The molecule has 0 fully saturated rings. The fourth-order valence-corrected chi connectivity index (χ4v) is 1.91. The highest BCUT2D eigenvalue weighted by atomic mass is 14.6. The lowest BCUT2D eigenvalue weighted by atomic mass is 10.0. The summed E-state index contributed by atoms with van der Waals surface area (Å²) in [5, 5.41) is 0. The lowest BCUT2D eigenvalue weighted by Crippen LogP contribution is -2.00. The Morgan fingerprint density at radius 2 is 1.92 bits per heavy atom. The van der Waals surface area contributed by atoms with Crippen LogP contribution < -0.4 is 5.73 Å². The van der Waals surface area contributed by atoms with Crippen LogP contribution in [0.2, 0.25) is 0 Å². The van der Waals surface area contributed by atoms with Gasteiger partial charge in [-0.05, 0) is 37.3 Å². The molecule has 0 spiro atoms. The van der Waals surface area contributed by atoms with Crippen LogP contribution in [0.5, 0.6) is 0 Å². The zero-order valence-corrected chi connectivity index (χ0v) is 8.01. The van der Waals surface area contributed by atoms with E-state index in [1.807, 2.05) is 0 Å². The summed E-state index contributed by atoms with van der Waals surface area (Å²) < 4.78 is 0. The largest absolute Gasteiger partial charge is 0.398 e. The second kappa shape index (κ2) is 3.25. The van der Waals surface area contributed by atoms with Gasteiger partial charge in [-0.15, -0.1) is 0 Å². The predicted molar refractivity (Wildman–Crippen MR) is 56.2 cm³/mol. The molecular formula is C12H15N. The lowest BCUT2D eigenvalue weighted by Gasteiger charge is -2.06. The van der Waals surface area contributed by atoms with Crippen LogP contribution >= 0.6 is 0 Å². The van der Waals surface area contributed by atoms with Gasteiger partial charge in [-0.2, -0.15) is 0 Å². The first-order chi connectivity index (χ1) is 6.29. The van der Waals surface area contributed by atoms with E-state index >= 15 is 0 Å². The highest BCUT2D eigenvalue weighted by Crippen LogP contribution is 2.26. The van der Waals surface area contributed by atoms with Crippen molar-refractivity contribution in [1.82, 2.24) is 0 Å². The molecule has 2 N–H and O–H groups in total. The molecule has 0 aliphatic heterocycles. The van der Waals surface area contributed by atoms with Crippen molar-refractivity contribution in [2.45, 2.75) is 26.2 Å². The standard InChI is InChI=1S/C12H15N/c1-9-5-4-7-10-6-2-3-8-11(10)12(9)13/h2-3,6,8H,4-5,7,13H2,1H3. The zero-order valence-electron chi connectivity index (χ0n) is 8.01. The maximum absolute atomic E-state index is 6.07. The van der Waals surface area contributed by atoms with Crippen molar-refractivity contribution in [3.8, 4) is 0 Å². The van der Waals surface area contributed by atoms with Gasteiger partial charge in [0.2, 0.25) is 0 Å². The van der Waals surface area contributed by atoms with Gasteiger partial charge in [0.15, 0.2) is 0 Å². The van der Waals surface area contributed by atoms with Crippen LogP contribution in [0.4, 0.5) is 0 Å². The van der Waals surface area contributed by atoms with Gasteiger partial charge in [-0.3, -0.25) is 0 Å². The monoisotopic (exact) mass is 173 g/mol. The molecule has 0 atom stereocenters. The summed E-state index contributed by atoms with van der Waals surface area (Å²) in [4.78, 5) is 0. The Bertz CT molecular complexity index is 350.